The summed E-state index contributed by atoms with van der Waals surface area (Å²) in [6.07, 6.45) is 1.72. The number of carbonyl (C=O) groups is 1. The van der Waals surface area contributed by atoms with E-state index in [-0.39, 0.29) is 5.43 Å². The summed E-state index contributed by atoms with van der Waals surface area (Å²) in [5, 5.41) is 0.496. The quantitative estimate of drug-likeness (QED) is 0.583. The fraction of sp³-hybridized carbons (Fsp3) is 0.158. The summed E-state index contributed by atoms with van der Waals surface area (Å²) >= 11 is 0. The summed E-state index contributed by atoms with van der Waals surface area (Å²) in [6.45, 7) is 0.463. The average Bonchev–Trinajstić information content (AvgIpc) is 2.63. The number of nitrogen functional groups attached to an aromatic ring is 1. The van der Waals surface area contributed by atoms with Gasteiger partial charge in [0.15, 0.2) is 5.43 Å². The minimum Gasteiger partial charge on any atom is -0.496 e. The lowest BCUT2D eigenvalue weighted by molar-refractivity contribution is 0.0600. The Kier molecular flexibility index (Phi) is 4.43. The Balaban J connectivity index is 2.08. The van der Waals surface area contributed by atoms with Gasteiger partial charge in [0.1, 0.15) is 5.75 Å². The van der Waals surface area contributed by atoms with Gasteiger partial charge in [0.25, 0.3) is 0 Å². The van der Waals surface area contributed by atoms with E-state index in [2.05, 4.69) is 0 Å². The second kappa shape index (κ2) is 6.68. The van der Waals surface area contributed by atoms with Crippen molar-refractivity contribution in [2.24, 2.45) is 0 Å². The Morgan fingerprint density at radius 1 is 1.16 bits per heavy atom. The molecule has 0 saturated heterocycles. The number of esters is 1. The molecule has 25 heavy (non-hydrogen) atoms. The highest BCUT2D eigenvalue weighted by Crippen LogP contribution is 2.24. The molecular weight excluding hydrogens is 320 g/mol. The largest absolute Gasteiger partial charge is 0.496 e. The summed E-state index contributed by atoms with van der Waals surface area (Å²) < 4.78 is 12.1. The van der Waals surface area contributed by atoms with Crippen LogP contribution in [0.1, 0.15) is 15.9 Å². The van der Waals surface area contributed by atoms with Crippen molar-refractivity contribution in [3.05, 3.63) is 70.0 Å². The van der Waals surface area contributed by atoms with E-state index in [0.717, 1.165) is 11.1 Å². The van der Waals surface area contributed by atoms with Crippen molar-refractivity contribution < 1.29 is 14.3 Å². The molecule has 3 aromatic rings. The molecular formula is C19H18N2O4. The third kappa shape index (κ3) is 3.06. The fourth-order valence-corrected chi connectivity index (χ4v) is 2.83. The third-order valence-corrected chi connectivity index (χ3v) is 4.09. The van der Waals surface area contributed by atoms with Gasteiger partial charge in [-0.25, -0.2) is 4.79 Å². The van der Waals surface area contributed by atoms with Gasteiger partial charge < -0.3 is 19.8 Å². The zero-order valence-electron chi connectivity index (χ0n) is 14.0. The second-order valence-corrected chi connectivity index (χ2v) is 5.57. The van der Waals surface area contributed by atoms with Gasteiger partial charge in [-0.15, -0.1) is 0 Å². The Labute approximate surface area is 144 Å². The van der Waals surface area contributed by atoms with Crippen molar-refractivity contribution in [1.82, 2.24) is 4.57 Å². The number of benzene rings is 2. The van der Waals surface area contributed by atoms with Crippen molar-refractivity contribution in [1.29, 1.82) is 0 Å². The van der Waals surface area contributed by atoms with Crippen LogP contribution < -0.4 is 15.9 Å². The molecule has 128 valence electrons. The lowest BCUT2D eigenvalue weighted by Gasteiger charge is -2.15. The topological polar surface area (TPSA) is 83.5 Å². The molecule has 0 bridgehead atoms. The number of anilines is 1. The number of pyridine rings is 1. The summed E-state index contributed by atoms with van der Waals surface area (Å²) in [7, 11) is 2.88. The van der Waals surface area contributed by atoms with Crippen molar-refractivity contribution in [3.63, 3.8) is 0 Å². The number of ether oxygens (including phenoxy) is 2. The molecule has 0 atom stereocenters. The average molecular weight is 338 g/mol. The maximum absolute atomic E-state index is 12.1. The fourth-order valence-electron chi connectivity index (χ4n) is 2.83. The van der Waals surface area contributed by atoms with Gasteiger partial charge in [0.2, 0.25) is 0 Å². The van der Waals surface area contributed by atoms with Crippen molar-refractivity contribution in [3.8, 4) is 5.75 Å². The normalized spacial score (nSPS) is 10.6. The van der Waals surface area contributed by atoms with Crippen LogP contribution in [0, 0.1) is 0 Å². The number of carbonyl (C=O) groups excluding carboxylic acids is 1. The number of nitrogens with zero attached hydrogens (tertiary/aromatic N) is 1. The van der Waals surface area contributed by atoms with E-state index >= 15 is 0 Å². The Bertz CT molecular complexity index is 1010. The van der Waals surface area contributed by atoms with Gasteiger partial charge >= 0.3 is 5.97 Å². The Morgan fingerprint density at radius 2 is 1.96 bits per heavy atom. The molecule has 0 spiro atoms. The van der Waals surface area contributed by atoms with Crippen LogP contribution in [-0.2, 0) is 11.3 Å². The monoisotopic (exact) mass is 338 g/mol. The number of methoxy groups -OCH3 is 2. The first-order valence-corrected chi connectivity index (χ1v) is 7.68. The van der Waals surface area contributed by atoms with E-state index in [4.69, 9.17) is 15.2 Å². The first-order chi connectivity index (χ1) is 12.0. The van der Waals surface area contributed by atoms with Crippen LogP contribution in [0.4, 0.5) is 5.69 Å². The van der Waals surface area contributed by atoms with Gasteiger partial charge in [0.05, 0.1) is 37.2 Å². The standard InChI is InChI=1S/C19H18N2O4/c1-24-17-10-12(19(23)25-2)6-7-13(17)11-21-9-8-16(22)18-14(20)4-3-5-15(18)21/h3-10H,11,20H2,1-2H3. The predicted octanol–water partition coefficient (Wildman–Crippen LogP) is 2.43. The molecule has 2 aromatic carbocycles. The molecule has 0 amide bonds. The zero-order valence-corrected chi connectivity index (χ0v) is 14.0. The molecule has 0 aliphatic carbocycles. The van der Waals surface area contributed by atoms with Gasteiger partial charge in [-0.2, -0.15) is 0 Å². The van der Waals surface area contributed by atoms with Crippen LogP contribution >= 0.6 is 0 Å². The van der Waals surface area contributed by atoms with Crippen LogP contribution in [0.5, 0.6) is 5.75 Å². The number of aromatic nitrogens is 1. The van der Waals surface area contributed by atoms with Crippen molar-refractivity contribution >= 4 is 22.6 Å². The Hall–Kier alpha value is -3.28. The van der Waals surface area contributed by atoms with Crippen LogP contribution in [0.15, 0.2) is 53.5 Å². The van der Waals surface area contributed by atoms with Crippen molar-refractivity contribution in [2.75, 3.05) is 20.0 Å². The highest BCUT2D eigenvalue weighted by atomic mass is 16.5. The van der Waals surface area contributed by atoms with E-state index in [9.17, 15) is 9.59 Å². The van der Waals surface area contributed by atoms with Gasteiger partial charge in [-0.3, -0.25) is 4.79 Å². The molecule has 1 heterocycles. The van der Waals surface area contributed by atoms with E-state index in [1.165, 1.54) is 13.2 Å². The SMILES string of the molecule is COC(=O)c1ccc(Cn2ccc(=O)c3c(N)cccc32)c(OC)c1. The molecule has 2 N–H and O–H groups in total. The van der Waals surface area contributed by atoms with Crippen LogP contribution in [0.2, 0.25) is 0 Å². The van der Waals surface area contributed by atoms with E-state index in [0.29, 0.717) is 28.9 Å². The molecule has 0 radical (unpaired) electrons. The molecule has 0 saturated carbocycles. The zero-order chi connectivity index (χ0) is 18.0. The number of hydrogen-bond acceptors (Lipinski definition) is 5. The predicted molar refractivity (Wildman–Crippen MR) is 96.1 cm³/mol. The third-order valence-electron chi connectivity index (χ3n) is 4.09. The van der Waals surface area contributed by atoms with E-state index < -0.39 is 5.97 Å². The highest BCUT2D eigenvalue weighted by molar-refractivity contribution is 5.91. The summed E-state index contributed by atoms with van der Waals surface area (Å²) in [5.41, 5.74) is 8.31. The second-order valence-electron chi connectivity index (χ2n) is 5.57. The van der Waals surface area contributed by atoms with Crippen molar-refractivity contribution in [2.45, 2.75) is 6.54 Å². The molecule has 6 nitrogen and oxygen atoms in total. The summed E-state index contributed by atoms with van der Waals surface area (Å²) in [4.78, 5) is 23.8. The minimum absolute atomic E-state index is 0.114. The first-order valence-electron chi connectivity index (χ1n) is 7.68. The maximum atomic E-state index is 12.1. The lowest BCUT2D eigenvalue weighted by Crippen LogP contribution is -2.11. The minimum atomic E-state index is -0.425. The smallest absolute Gasteiger partial charge is 0.337 e. The number of hydrogen-bond donors (Lipinski definition) is 1. The van der Waals surface area contributed by atoms with Crippen LogP contribution in [0.25, 0.3) is 10.9 Å². The molecule has 0 aliphatic heterocycles. The lowest BCUT2D eigenvalue weighted by atomic mass is 10.1. The Morgan fingerprint density at radius 3 is 2.68 bits per heavy atom. The van der Waals surface area contributed by atoms with E-state index in [1.54, 1.807) is 37.6 Å². The molecule has 1 aromatic heterocycles. The summed E-state index contributed by atoms with van der Waals surface area (Å²) in [6, 6.07) is 12.0. The van der Waals surface area contributed by atoms with Crippen LogP contribution in [0.3, 0.4) is 0 Å². The molecule has 0 aliphatic rings. The molecule has 0 unspecified atom stereocenters. The number of rotatable bonds is 4. The van der Waals surface area contributed by atoms with Gasteiger partial charge in [-0.05, 0) is 24.3 Å². The van der Waals surface area contributed by atoms with E-state index in [1.807, 2.05) is 16.7 Å². The maximum Gasteiger partial charge on any atom is 0.337 e. The molecule has 0 fully saturated rings. The first kappa shape index (κ1) is 16.6. The van der Waals surface area contributed by atoms with Gasteiger partial charge in [0, 0.05) is 23.5 Å². The van der Waals surface area contributed by atoms with Gasteiger partial charge in [-0.1, -0.05) is 12.1 Å². The number of nitrogens with two attached hydrogens (primary N) is 1. The molecule has 3 rings (SSSR count). The highest BCUT2D eigenvalue weighted by Gasteiger charge is 2.12. The summed E-state index contributed by atoms with van der Waals surface area (Å²) in [5.74, 6) is 0.144. The molecule has 6 heteroatoms. The number of fused-ring (bicyclic) bond motifs is 1. The van der Waals surface area contributed by atoms with Crippen LogP contribution in [-0.4, -0.2) is 24.8 Å².